The van der Waals surface area contributed by atoms with Gasteiger partial charge in [0.25, 0.3) is 5.91 Å². The van der Waals surface area contributed by atoms with E-state index in [9.17, 15) is 9.00 Å². The highest BCUT2D eigenvalue weighted by Crippen LogP contribution is 2.46. The summed E-state index contributed by atoms with van der Waals surface area (Å²) >= 11 is 6.08. The van der Waals surface area contributed by atoms with Gasteiger partial charge in [0.05, 0.1) is 25.6 Å². The van der Waals surface area contributed by atoms with Crippen molar-refractivity contribution >= 4 is 38.9 Å². The number of fused-ring (bicyclic) bond motifs is 1. The molecule has 2 aliphatic heterocycles. The number of aliphatic imine (C=N–C) groups is 1. The molecule has 2 aliphatic rings. The number of rotatable bonds is 3. The molecule has 0 aromatic carbocycles. The number of aromatic nitrogens is 2. The summed E-state index contributed by atoms with van der Waals surface area (Å²) in [5.41, 5.74) is 4.90. The van der Waals surface area contributed by atoms with Gasteiger partial charge in [0.15, 0.2) is 0 Å². The van der Waals surface area contributed by atoms with Crippen LogP contribution in [0.25, 0.3) is 0 Å². The number of nitriles is 1. The van der Waals surface area contributed by atoms with Gasteiger partial charge in [-0.25, -0.2) is 22.9 Å². The quantitative estimate of drug-likeness (QED) is 0.656. The van der Waals surface area contributed by atoms with Crippen molar-refractivity contribution in [3.8, 4) is 6.07 Å². The van der Waals surface area contributed by atoms with Crippen LogP contribution < -0.4 is 11.1 Å². The zero-order valence-electron chi connectivity index (χ0n) is 18.8. The number of nitrogens with zero attached hydrogens (tertiary/aromatic N) is 5. The van der Waals surface area contributed by atoms with Crippen LogP contribution >= 0.6 is 11.6 Å². The summed E-state index contributed by atoms with van der Waals surface area (Å²) in [4.78, 5) is 25.6. The van der Waals surface area contributed by atoms with Crippen LogP contribution in [-0.2, 0) is 15.3 Å². The number of pyridine rings is 2. The summed E-state index contributed by atoms with van der Waals surface area (Å²) in [5.74, 6) is -1.21. The summed E-state index contributed by atoms with van der Waals surface area (Å²) in [6.07, 6.45) is 2.42. The Morgan fingerprint density at radius 1 is 1.38 bits per heavy atom. The molecule has 1 amide bonds. The molecular weight excluding hydrogens is 481 g/mol. The van der Waals surface area contributed by atoms with E-state index in [2.05, 4.69) is 24.6 Å². The van der Waals surface area contributed by atoms with E-state index in [1.165, 1.54) is 18.3 Å². The van der Waals surface area contributed by atoms with Crippen molar-refractivity contribution < 1.29 is 13.4 Å². The molecule has 0 aliphatic carbocycles. The minimum atomic E-state index is -2.90. The first-order valence-electron chi connectivity index (χ1n) is 10.5. The molecule has 4 rings (SSSR count). The van der Waals surface area contributed by atoms with Gasteiger partial charge in [0, 0.05) is 12.7 Å². The van der Waals surface area contributed by atoms with Crippen LogP contribution in [0, 0.1) is 17.1 Å². The van der Waals surface area contributed by atoms with Gasteiger partial charge in [-0.3, -0.25) is 9.79 Å². The number of hydrogen-bond acceptors (Lipinski definition) is 8. The van der Waals surface area contributed by atoms with Gasteiger partial charge < -0.3 is 11.1 Å². The van der Waals surface area contributed by atoms with Crippen LogP contribution in [0.15, 0.2) is 33.8 Å². The van der Waals surface area contributed by atoms with Gasteiger partial charge in [0.1, 0.15) is 45.2 Å². The molecule has 0 saturated carbocycles. The lowest BCUT2D eigenvalue weighted by atomic mass is 9.89. The van der Waals surface area contributed by atoms with E-state index in [0.29, 0.717) is 19.4 Å². The minimum absolute atomic E-state index is 0.0127. The van der Waals surface area contributed by atoms with Gasteiger partial charge in [0.2, 0.25) is 0 Å². The van der Waals surface area contributed by atoms with Crippen molar-refractivity contribution in [3.63, 3.8) is 0 Å². The van der Waals surface area contributed by atoms with Crippen LogP contribution in [0.1, 0.15) is 55.4 Å². The average Bonchev–Trinajstić information content (AvgIpc) is 2.79. The van der Waals surface area contributed by atoms with Crippen molar-refractivity contribution in [2.75, 3.05) is 11.9 Å². The number of hydrogen-bond donors (Lipinski definition) is 2. The molecule has 2 aromatic heterocycles. The molecule has 0 spiro atoms. The number of anilines is 1. The van der Waals surface area contributed by atoms with Crippen molar-refractivity contribution in [1.82, 2.24) is 9.97 Å². The Labute approximate surface area is 201 Å². The molecule has 3 atom stereocenters. The molecule has 0 saturated heterocycles. The average molecular weight is 504 g/mol. The van der Waals surface area contributed by atoms with Crippen molar-refractivity contribution in [2.45, 2.75) is 49.1 Å². The Morgan fingerprint density at radius 3 is 2.79 bits per heavy atom. The molecule has 178 valence electrons. The third-order valence-electron chi connectivity index (χ3n) is 6.37. The van der Waals surface area contributed by atoms with Gasteiger partial charge in [-0.2, -0.15) is 5.26 Å². The third kappa shape index (κ3) is 3.61. The molecule has 12 heteroatoms. The largest absolute Gasteiger partial charge is 0.386 e. The second-order valence-corrected chi connectivity index (χ2v) is 12.2. The highest BCUT2D eigenvalue weighted by atomic mass is 35.5. The van der Waals surface area contributed by atoms with Gasteiger partial charge in [-0.15, -0.1) is 0 Å². The lowest BCUT2D eigenvalue weighted by Crippen LogP contribution is -2.60. The Balaban J connectivity index is 1.77. The highest BCUT2D eigenvalue weighted by molar-refractivity contribution is 7.96. The molecule has 0 unspecified atom stereocenters. The van der Waals surface area contributed by atoms with E-state index < -0.39 is 37.0 Å². The first-order valence-corrected chi connectivity index (χ1v) is 12.5. The second-order valence-electron chi connectivity index (χ2n) is 8.85. The minimum Gasteiger partial charge on any atom is -0.386 e. The van der Waals surface area contributed by atoms with Crippen LogP contribution in [0.2, 0.25) is 5.02 Å². The molecule has 3 N–H and O–H groups in total. The van der Waals surface area contributed by atoms with Gasteiger partial charge in [-0.05, 0) is 51.8 Å². The maximum absolute atomic E-state index is 15.1. The molecular formula is C22H23ClFN7O2S. The molecule has 34 heavy (non-hydrogen) atoms. The maximum Gasteiger partial charge on any atom is 0.276 e. The van der Waals surface area contributed by atoms with E-state index >= 15 is 4.39 Å². The predicted molar refractivity (Wildman–Crippen MR) is 128 cm³/mol. The zero-order chi connectivity index (χ0) is 24.9. The van der Waals surface area contributed by atoms with Crippen LogP contribution in [0.3, 0.4) is 0 Å². The molecule has 4 heterocycles. The molecule has 0 bridgehead atoms. The first kappa shape index (κ1) is 24.0. The standard InChI is InChI=1S/C22H23ClFN7O2S/c1-21(2)20(26)31-22(3,15-5-4-8-28-34(15,21)33)18-14(24)6-7-16(29-18)30-19(32)17-13(23)9-12(10-25)11-27-17/h6-7,9,11,15H,4-5,8H2,1-3H3,(H2,26,31)(H,29,30,32)/t15-,22-,34-/m0/s1. The highest BCUT2D eigenvalue weighted by Gasteiger charge is 2.56. The topological polar surface area (TPSA) is 146 Å². The fourth-order valence-corrected chi connectivity index (χ4v) is 7.84. The lowest BCUT2D eigenvalue weighted by molar-refractivity contribution is 0.102. The maximum atomic E-state index is 15.1. The normalized spacial score (nSPS) is 27.5. The zero-order valence-corrected chi connectivity index (χ0v) is 20.4. The fraction of sp³-hybridized carbons (Fsp3) is 0.409. The van der Waals surface area contributed by atoms with Crippen LogP contribution in [0.4, 0.5) is 10.2 Å². The SMILES string of the molecule is CC1(C)C(N)=N[C@](C)(c2nc(NC(=O)c3ncc(C#N)cc3Cl)ccc2F)[C@@H]2CCCN=[S@]21=O. The lowest BCUT2D eigenvalue weighted by Gasteiger charge is -2.47. The van der Waals surface area contributed by atoms with E-state index in [-0.39, 0.29) is 33.6 Å². The summed E-state index contributed by atoms with van der Waals surface area (Å²) in [5, 5.41) is 10.9. The van der Waals surface area contributed by atoms with Crippen molar-refractivity contribution in [2.24, 2.45) is 15.1 Å². The molecule has 2 aromatic rings. The summed E-state index contributed by atoms with van der Waals surface area (Å²) in [6, 6.07) is 5.65. The van der Waals surface area contributed by atoms with Crippen LogP contribution in [-0.4, -0.2) is 42.5 Å². The number of nitrogens with one attached hydrogen (secondary N) is 1. The Bertz CT molecular complexity index is 1390. The van der Waals surface area contributed by atoms with E-state index in [1.807, 2.05) is 6.07 Å². The molecule has 0 radical (unpaired) electrons. The summed E-state index contributed by atoms with van der Waals surface area (Å²) in [6.45, 7) is 5.57. The Kier molecular flexibility index (Phi) is 5.86. The molecule has 0 fully saturated rings. The number of carbonyl (C=O) groups excluding carboxylic acids is 1. The Morgan fingerprint density at radius 2 is 2.12 bits per heavy atom. The van der Waals surface area contributed by atoms with E-state index in [4.69, 9.17) is 22.6 Å². The number of carbonyl (C=O) groups is 1. The second kappa shape index (κ2) is 8.29. The monoisotopic (exact) mass is 503 g/mol. The number of amidine groups is 1. The number of nitrogens with two attached hydrogens (primary N) is 1. The smallest absolute Gasteiger partial charge is 0.276 e. The first-order chi connectivity index (χ1) is 15.9. The fourth-order valence-electron chi connectivity index (χ4n) is 4.36. The molecule has 9 nitrogen and oxygen atoms in total. The van der Waals surface area contributed by atoms with E-state index in [1.54, 1.807) is 20.8 Å². The number of amides is 1. The summed E-state index contributed by atoms with van der Waals surface area (Å²) in [7, 11) is -2.90. The van der Waals surface area contributed by atoms with Gasteiger partial charge >= 0.3 is 0 Å². The summed E-state index contributed by atoms with van der Waals surface area (Å²) < 4.78 is 32.7. The third-order valence-corrected chi connectivity index (χ3v) is 10.4. The van der Waals surface area contributed by atoms with Crippen molar-refractivity contribution in [3.05, 3.63) is 52.2 Å². The van der Waals surface area contributed by atoms with Gasteiger partial charge in [-0.1, -0.05) is 11.6 Å². The predicted octanol–water partition coefficient (Wildman–Crippen LogP) is 3.39. The number of halogens is 2. The van der Waals surface area contributed by atoms with Crippen LogP contribution in [0.5, 0.6) is 0 Å². The Hall–Kier alpha value is -3.10. The van der Waals surface area contributed by atoms with Crippen molar-refractivity contribution in [1.29, 1.82) is 5.26 Å². The van der Waals surface area contributed by atoms with E-state index in [0.717, 1.165) is 6.07 Å².